The number of carbonyl (C=O) groups is 6. The molecule has 0 radical (unpaired) electrons. The minimum atomic E-state index is -2.61. The largest absolute Gasteiger partial charge is 0.508 e. The Morgan fingerprint density at radius 3 is 1.37 bits per heavy atom. The number of aliphatic hydroxyl groups is 6. The summed E-state index contributed by atoms with van der Waals surface area (Å²) in [4.78, 5) is 96.0. The van der Waals surface area contributed by atoms with Crippen molar-refractivity contribution in [2.45, 2.75) is 55.9 Å². The lowest BCUT2D eigenvalue weighted by Crippen LogP contribution is -2.65. The Bertz CT molecular complexity index is 2520. The minimum absolute atomic E-state index is 0.0819. The summed E-state index contributed by atoms with van der Waals surface area (Å²) in [5.41, 5.74) is 5.38. The Balaban J connectivity index is 0.000000203. The number of fused-ring (bicyclic) bond motifs is 6. The van der Waals surface area contributed by atoms with Crippen LogP contribution in [0, 0.1) is 34.2 Å². The fourth-order valence-corrected chi connectivity index (χ4v) is 11.0. The highest BCUT2D eigenvalue weighted by Gasteiger charge is 2.65. The van der Waals surface area contributed by atoms with Crippen molar-refractivity contribution in [3.8, 4) is 11.5 Å². The van der Waals surface area contributed by atoms with Gasteiger partial charge >= 0.3 is 6.15 Å². The summed E-state index contributed by atoms with van der Waals surface area (Å²) < 4.78 is 0.469. The predicted molar refractivity (Wildman–Crippen MR) is 231 cm³/mol. The number of aryl methyl sites for hydroxylation is 1. The van der Waals surface area contributed by atoms with Crippen LogP contribution in [0.15, 0.2) is 58.1 Å². The van der Waals surface area contributed by atoms with Crippen LogP contribution in [0.1, 0.15) is 40.7 Å². The highest BCUT2D eigenvalue weighted by atomic mass is 127. The van der Waals surface area contributed by atoms with Gasteiger partial charge in [-0.15, -0.1) is 0 Å². The fraction of sp³-hybridized carbons (Fsp3) is 0.386. The average molecular weight is 1010 g/mol. The van der Waals surface area contributed by atoms with Gasteiger partial charge in [0.1, 0.15) is 45.7 Å². The van der Waals surface area contributed by atoms with Gasteiger partial charge in [-0.2, -0.15) is 9.59 Å². The highest BCUT2D eigenvalue weighted by molar-refractivity contribution is 14.1. The molecule has 2 aromatic carbocycles. The van der Waals surface area contributed by atoms with Crippen LogP contribution in [0.25, 0.3) is 11.5 Å². The third-order valence-corrected chi connectivity index (χ3v) is 14.2. The summed E-state index contributed by atoms with van der Waals surface area (Å²) >= 11 is 1.89. The van der Waals surface area contributed by atoms with Crippen molar-refractivity contribution < 1.29 is 79.2 Å². The lowest BCUT2D eigenvalue weighted by molar-refractivity contribution is -0.192. The number of amides is 2. The van der Waals surface area contributed by atoms with Crippen LogP contribution in [-0.2, 0) is 51.2 Å². The molecule has 2 fully saturated rings. The number of Topliss-reactive ketones (excluding diaryl/α,β-unsaturated/α-hetero) is 4. The average Bonchev–Trinajstić information content (AvgIpc) is 3.20. The second-order valence-electron chi connectivity index (χ2n) is 17.2. The lowest BCUT2D eigenvalue weighted by atomic mass is 9.57. The number of aromatic hydroxyl groups is 2. The molecule has 65 heavy (non-hydrogen) atoms. The standard InChI is InChI=1S/C22H24N2O7.C21H21IN2O7.CO2/c1-8-4-5-9-6-10-7-11-15(24(2)3)18(27)14(21(23)30)20(29)22(11,31)19(28)13(10)17(26)12(9)16(8)25;1-24(2)14-9-6-8-5-7-3-4-10(22)15(25)11(7)16(26)12(8)18(28)21(9,31)19(29)13(17(14)27)20(23)30;2-1-3/h4-5,10-11,15,25-26,29,31H,6-7H2,1-3H3,(H2,23,30);3-4,8-9,14,25-26,29,31H,5-6H2,1-2H3,(H2,23,30);/t10-,11-,15-,22-;8-,9-,14-,21-;/m00./s1. The highest BCUT2D eigenvalue weighted by Crippen LogP contribution is 2.54. The number of ketones is 4. The number of benzene rings is 2. The number of carbonyl (C=O) groups excluding carboxylic acids is 8. The molecule has 344 valence electrons. The molecule has 12 N–H and O–H groups in total. The Hall–Kier alpha value is -6.23. The zero-order chi connectivity index (χ0) is 48.7. The molecule has 8 rings (SSSR count). The number of hydrogen-bond donors (Lipinski definition) is 10. The van der Waals surface area contributed by atoms with E-state index in [9.17, 15) is 69.6 Å². The lowest BCUT2D eigenvalue weighted by Gasteiger charge is -2.50. The summed E-state index contributed by atoms with van der Waals surface area (Å²) in [6, 6.07) is 4.72. The van der Waals surface area contributed by atoms with Crippen molar-refractivity contribution in [3.63, 3.8) is 0 Å². The summed E-state index contributed by atoms with van der Waals surface area (Å²) in [5.74, 6) is -12.8. The number of nitrogens with two attached hydrogens (primary N) is 2. The molecule has 20 nitrogen and oxygen atoms in total. The molecule has 0 saturated heterocycles. The van der Waals surface area contributed by atoms with E-state index in [0.29, 0.717) is 33.1 Å². The predicted octanol–water partition coefficient (Wildman–Crippen LogP) is 0.258. The fourth-order valence-electron chi connectivity index (χ4n) is 10.5. The zero-order valence-electron chi connectivity index (χ0n) is 35.4. The van der Waals surface area contributed by atoms with Crippen molar-refractivity contribution in [1.29, 1.82) is 0 Å². The molecule has 8 atom stereocenters. The number of phenols is 2. The van der Waals surface area contributed by atoms with Gasteiger partial charge in [-0.3, -0.25) is 38.6 Å². The molecule has 0 spiro atoms. The molecule has 21 heteroatoms. The molecule has 2 amide bonds. The van der Waals surface area contributed by atoms with Gasteiger partial charge in [-0.1, -0.05) is 18.2 Å². The van der Waals surface area contributed by atoms with Crippen LogP contribution in [0.3, 0.4) is 0 Å². The quantitative estimate of drug-likeness (QED) is 0.145. The maximum atomic E-state index is 13.6. The van der Waals surface area contributed by atoms with E-state index in [1.54, 1.807) is 59.4 Å². The number of primary amides is 2. The molecule has 0 unspecified atom stereocenters. The van der Waals surface area contributed by atoms with Crippen LogP contribution in [0.4, 0.5) is 0 Å². The SMILES string of the molecule is CN(C)[C@@H]1C(=O)C(C(N)=O)=C(O)[C@@]2(O)C(=O)C3=C(O)c4c(ccc(I)c4O)C[C@H]3C[C@@H]12.Cc1ccc2c(c1O)C(O)=C1C(=O)[C@]3(O)C(O)=C(C(N)=O)C(=O)[C@@H](N(C)C)[C@@H]3C[C@@H]1C2.O=C=O. The van der Waals surface area contributed by atoms with Crippen LogP contribution >= 0.6 is 22.6 Å². The van der Waals surface area contributed by atoms with Crippen molar-refractivity contribution in [2.75, 3.05) is 28.2 Å². The van der Waals surface area contributed by atoms with Crippen LogP contribution in [-0.4, -0.2) is 143 Å². The van der Waals surface area contributed by atoms with Gasteiger partial charge in [0, 0.05) is 23.0 Å². The Morgan fingerprint density at radius 1 is 0.662 bits per heavy atom. The smallest absolute Gasteiger partial charge is 0.373 e. The number of rotatable bonds is 4. The first-order valence-electron chi connectivity index (χ1n) is 19.9. The van der Waals surface area contributed by atoms with Crippen LogP contribution in [0.5, 0.6) is 11.5 Å². The molecule has 0 aliphatic heterocycles. The van der Waals surface area contributed by atoms with E-state index in [4.69, 9.17) is 21.1 Å². The van der Waals surface area contributed by atoms with E-state index in [-0.39, 0.29) is 52.8 Å². The molecule has 6 aliphatic rings. The van der Waals surface area contributed by atoms with E-state index in [1.165, 1.54) is 9.80 Å². The first kappa shape index (κ1) is 48.2. The van der Waals surface area contributed by atoms with Crippen molar-refractivity contribution in [2.24, 2.45) is 35.1 Å². The topological polar surface area (TPSA) is 357 Å². The summed E-state index contributed by atoms with van der Waals surface area (Å²) in [5, 5.41) is 87.2. The van der Waals surface area contributed by atoms with Gasteiger partial charge in [-0.05, 0) is 118 Å². The second kappa shape index (κ2) is 17.0. The van der Waals surface area contributed by atoms with Crippen LogP contribution < -0.4 is 11.5 Å². The number of phenolic OH excluding ortho intramolecular Hbond substituents is 2. The first-order chi connectivity index (χ1) is 30.3. The number of halogens is 1. The summed E-state index contributed by atoms with van der Waals surface area (Å²) in [6.07, 6.45) is 1.00. The second-order valence-corrected chi connectivity index (χ2v) is 18.4. The number of likely N-dealkylation sites (N-methyl/N-ethyl adjacent to an activating group) is 2. The van der Waals surface area contributed by atoms with Crippen molar-refractivity contribution in [1.82, 2.24) is 9.80 Å². The van der Waals surface area contributed by atoms with E-state index in [1.807, 2.05) is 22.6 Å². The molecule has 0 bridgehead atoms. The van der Waals surface area contributed by atoms with Gasteiger partial charge in [-0.25, -0.2) is 0 Å². The molecule has 2 saturated carbocycles. The molecule has 0 aromatic heterocycles. The van der Waals surface area contributed by atoms with E-state index >= 15 is 0 Å². The van der Waals surface area contributed by atoms with E-state index in [2.05, 4.69) is 0 Å². The third-order valence-electron chi connectivity index (χ3n) is 13.3. The third kappa shape index (κ3) is 7.04. The maximum absolute atomic E-state index is 13.6. The first-order valence-corrected chi connectivity index (χ1v) is 20.9. The monoisotopic (exact) mass is 1010 g/mol. The summed E-state index contributed by atoms with van der Waals surface area (Å²) in [6.45, 7) is 1.65. The molecular formula is C44H45IN4O16. The van der Waals surface area contributed by atoms with Crippen molar-refractivity contribution >= 4 is 75.2 Å². The molecule has 6 aliphatic carbocycles. The molecule has 0 heterocycles. The summed E-state index contributed by atoms with van der Waals surface area (Å²) in [7, 11) is 6.25. The number of hydrogen-bond acceptors (Lipinski definition) is 18. The van der Waals surface area contributed by atoms with Gasteiger partial charge in [0.25, 0.3) is 11.8 Å². The maximum Gasteiger partial charge on any atom is 0.373 e. The van der Waals surface area contributed by atoms with Crippen LogP contribution in [0.2, 0.25) is 0 Å². The van der Waals surface area contributed by atoms with Gasteiger partial charge < -0.3 is 52.3 Å². The zero-order valence-corrected chi connectivity index (χ0v) is 37.5. The van der Waals surface area contributed by atoms with Gasteiger partial charge in [0.05, 0.1) is 26.8 Å². The number of nitrogens with zero attached hydrogens (tertiary/aromatic N) is 2. The minimum Gasteiger partial charge on any atom is -0.508 e. The molecular weight excluding hydrogens is 967 g/mol. The van der Waals surface area contributed by atoms with Gasteiger partial charge in [0.15, 0.2) is 22.8 Å². The van der Waals surface area contributed by atoms with E-state index in [0.717, 1.165) is 0 Å². The van der Waals surface area contributed by atoms with Gasteiger partial charge in [0.2, 0.25) is 11.6 Å². The van der Waals surface area contributed by atoms with E-state index < -0.39 is 116 Å². The normalized spacial score (nSPS) is 29.0. The number of aliphatic hydroxyl groups excluding tert-OH is 4. The Kier molecular flexibility index (Phi) is 12.6. The van der Waals surface area contributed by atoms with Crippen molar-refractivity contribution in [3.05, 3.63) is 89.5 Å². The Morgan fingerprint density at radius 2 is 1.02 bits per heavy atom. The molecule has 2 aromatic rings. The Labute approximate surface area is 382 Å².